The minimum absolute atomic E-state index is 0.0475. The molecule has 3 aromatic rings. The van der Waals surface area contributed by atoms with Gasteiger partial charge in [0.1, 0.15) is 5.82 Å². The second-order valence-corrected chi connectivity index (χ2v) is 8.16. The first-order chi connectivity index (χ1) is 16.0. The number of esters is 1. The van der Waals surface area contributed by atoms with Gasteiger partial charge in [-0.25, -0.2) is 9.18 Å². The Labute approximate surface area is 193 Å². The molecule has 0 radical (unpaired) electrons. The number of carbonyl (C=O) groups is 2. The summed E-state index contributed by atoms with van der Waals surface area (Å²) in [5, 5.41) is 4.61. The third kappa shape index (κ3) is 4.97. The van der Waals surface area contributed by atoms with Crippen LogP contribution in [0.3, 0.4) is 0 Å². The van der Waals surface area contributed by atoms with Gasteiger partial charge in [-0.15, -0.1) is 0 Å². The van der Waals surface area contributed by atoms with Crippen LogP contribution in [0.25, 0.3) is 11.3 Å². The van der Waals surface area contributed by atoms with Crippen molar-refractivity contribution in [3.05, 3.63) is 77.2 Å². The van der Waals surface area contributed by atoms with Crippen molar-refractivity contribution < 1.29 is 18.7 Å². The summed E-state index contributed by atoms with van der Waals surface area (Å²) in [6.07, 6.45) is 2.36. The van der Waals surface area contributed by atoms with Gasteiger partial charge in [0.05, 0.1) is 18.3 Å². The summed E-state index contributed by atoms with van der Waals surface area (Å²) in [5.74, 6) is -0.899. The molecule has 1 aromatic heterocycles. The monoisotopic (exact) mass is 449 g/mol. The minimum Gasteiger partial charge on any atom is -0.461 e. The van der Waals surface area contributed by atoms with Crippen LogP contribution in [0.5, 0.6) is 0 Å². The summed E-state index contributed by atoms with van der Waals surface area (Å²) in [4.78, 5) is 26.9. The van der Waals surface area contributed by atoms with E-state index >= 15 is 0 Å². The Morgan fingerprint density at radius 1 is 1.03 bits per heavy atom. The lowest BCUT2D eigenvalue weighted by molar-refractivity contribution is 0.0517. The second kappa shape index (κ2) is 9.98. The van der Waals surface area contributed by atoms with Crippen molar-refractivity contribution in [3.63, 3.8) is 0 Å². The van der Waals surface area contributed by atoms with E-state index < -0.39 is 5.97 Å². The molecule has 2 heterocycles. The van der Waals surface area contributed by atoms with Crippen molar-refractivity contribution in [2.24, 2.45) is 0 Å². The van der Waals surface area contributed by atoms with Crippen LogP contribution in [0.15, 0.2) is 54.6 Å². The molecule has 7 heteroatoms. The molecule has 0 N–H and O–H groups in total. The molecule has 0 spiro atoms. The number of likely N-dealkylation sites (tertiary alicyclic amines) is 1. The van der Waals surface area contributed by atoms with Gasteiger partial charge in [0.15, 0.2) is 5.69 Å². The number of halogens is 1. The van der Waals surface area contributed by atoms with Gasteiger partial charge in [-0.1, -0.05) is 31.2 Å². The summed E-state index contributed by atoms with van der Waals surface area (Å²) in [5.41, 5.74) is 3.86. The molecule has 4 rings (SSSR count). The quantitative estimate of drug-likeness (QED) is 0.502. The van der Waals surface area contributed by atoms with Crippen molar-refractivity contribution >= 4 is 11.9 Å². The number of nitrogens with zero attached hydrogens (tertiary/aromatic N) is 3. The van der Waals surface area contributed by atoms with Gasteiger partial charge in [-0.2, -0.15) is 5.10 Å². The summed E-state index contributed by atoms with van der Waals surface area (Å²) >= 11 is 0. The van der Waals surface area contributed by atoms with Crippen LogP contribution in [-0.4, -0.2) is 46.3 Å². The fourth-order valence-corrected chi connectivity index (χ4v) is 4.19. The number of benzene rings is 2. The van der Waals surface area contributed by atoms with Crippen LogP contribution in [0, 0.1) is 5.82 Å². The van der Waals surface area contributed by atoms with E-state index in [9.17, 15) is 14.0 Å². The van der Waals surface area contributed by atoms with Gasteiger partial charge in [0.2, 0.25) is 0 Å². The molecule has 0 unspecified atom stereocenters. The fourth-order valence-electron chi connectivity index (χ4n) is 4.19. The van der Waals surface area contributed by atoms with Gasteiger partial charge in [-0.3, -0.25) is 9.48 Å². The van der Waals surface area contributed by atoms with Crippen LogP contribution in [0.4, 0.5) is 4.39 Å². The predicted octanol–water partition coefficient (Wildman–Crippen LogP) is 4.91. The average Bonchev–Trinajstić information content (AvgIpc) is 3.30. The molecule has 0 aliphatic carbocycles. The maximum absolute atomic E-state index is 13.2. The number of amides is 1. The molecule has 1 aliphatic heterocycles. The normalized spacial score (nSPS) is 14.3. The molecule has 6 nitrogen and oxygen atoms in total. The van der Waals surface area contributed by atoms with E-state index in [1.54, 1.807) is 17.9 Å². The Morgan fingerprint density at radius 2 is 1.70 bits per heavy atom. The third-order valence-corrected chi connectivity index (χ3v) is 6.07. The van der Waals surface area contributed by atoms with Gasteiger partial charge < -0.3 is 9.64 Å². The van der Waals surface area contributed by atoms with E-state index in [1.165, 1.54) is 29.8 Å². The van der Waals surface area contributed by atoms with Crippen LogP contribution in [-0.2, 0) is 11.2 Å². The van der Waals surface area contributed by atoms with Crippen molar-refractivity contribution in [1.82, 2.24) is 14.7 Å². The number of carbonyl (C=O) groups excluding carboxylic acids is 2. The highest BCUT2D eigenvalue weighted by atomic mass is 19.1. The summed E-state index contributed by atoms with van der Waals surface area (Å²) in [7, 11) is 0. The first-order valence-corrected chi connectivity index (χ1v) is 11.4. The zero-order valence-electron chi connectivity index (χ0n) is 19.0. The molecule has 1 fully saturated rings. The molecular weight excluding hydrogens is 421 g/mol. The highest BCUT2D eigenvalue weighted by Crippen LogP contribution is 2.30. The number of hydrogen-bond acceptors (Lipinski definition) is 4. The molecule has 1 aliphatic rings. The highest BCUT2D eigenvalue weighted by Gasteiger charge is 2.28. The molecule has 0 bridgehead atoms. The number of rotatable bonds is 6. The molecule has 1 amide bonds. The fraction of sp³-hybridized carbons (Fsp3) is 0.346. The topological polar surface area (TPSA) is 64.4 Å². The maximum atomic E-state index is 13.2. The lowest BCUT2D eigenvalue weighted by Crippen LogP contribution is -2.39. The number of aromatic nitrogens is 2. The first-order valence-electron chi connectivity index (χ1n) is 11.4. The number of ether oxygens (including phenoxy) is 1. The van der Waals surface area contributed by atoms with Gasteiger partial charge in [0, 0.05) is 18.7 Å². The Balaban J connectivity index is 1.55. The Morgan fingerprint density at radius 3 is 2.30 bits per heavy atom. The van der Waals surface area contributed by atoms with E-state index in [2.05, 4.69) is 36.3 Å². The molecule has 33 heavy (non-hydrogen) atoms. The lowest BCUT2D eigenvalue weighted by Gasteiger charge is -2.33. The highest BCUT2D eigenvalue weighted by molar-refractivity contribution is 5.94. The number of aryl methyl sites for hydroxylation is 1. The summed E-state index contributed by atoms with van der Waals surface area (Å²) in [6, 6.07) is 15.7. The first kappa shape index (κ1) is 22.7. The van der Waals surface area contributed by atoms with E-state index in [-0.39, 0.29) is 30.1 Å². The van der Waals surface area contributed by atoms with E-state index in [1.807, 2.05) is 4.68 Å². The minimum atomic E-state index is -0.438. The van der Waals surface area contributed by atoms with Crippen molar-refractivity contribution in [3.8, 4) is 11.3 Å². The van der Waals surface area contributed by atoms with Crippen molar-refractivity contribution in [1.29, 1.82) is 0 Å². The molecule has 172 valence electrons. The van der Waals surface area contributed by atoms with E-state index in [0.29, 0.717) is 31.5 Å². The largest absolute Gasteiger partial charge is 0.461 e. The van der Waals surface area contributed by atoms with Crippen LogP contribution in [0.1, 0.15) is 59.1 Å². The standard InChI is InChI=1S/C26H28FN3O3/c1-3-18-5-7-19(8-6-18)24-17-23(26(32)33-4-2)28-30(24)22-13-15-29(16-14-22)25(31)20-9-11-21(27)12-10-20/h5-12,17,22H,3-4,13-16H2,1-2H3. The molecule has 0 atom stereocenters. The molecule has 2 aromatic carbocycles. The van der Waals surface area contributed by atoms with Gasteiger partial charge in [0.25, 0.3) is 5.91 Å². The van der Waals surface area contributed by atoms with Gasteiger partial charge >= 0.3 is 5.97 Å². The predicted molar refractivity (Wildman–Crippen MR) is 124 cm³/mol. The van der Waals surface area contributed by atoms with Crippen LogP contribution >= 0.6 is 0 Å². The molecule has 0 saturated carbocycles. The smallest absolute Gasteiger partial charge is 0.358 e. The second-order valence-electron chi connectivity index (χ2n) is 8.16. The maximum Gasteiger partial charge on any atom is 0.358 e. The number of hydrogen-bond donors (Lipinski definition) is 0. The lowest BCUT2D eigenvalue weighted by atomic mass is 10.0. The van der Waals surface area contributed by atoms with Crippen molar-refractivity contribution in [2.75, 3.05) is 19.7 Å². The summed E-state index contributed by atoms with van der Waals surface area (Å²) in [6.45, 7) is 5.29. The van der Waals surface area contributed by atoms with Gasteiger partial charge in [-0.05, 0) is 67.6 Å². The van der Waals surface area contributed by atoms with E-state index in [4.69, 9.17) is 4.74 Å². The average molecular weight is 450 g/mol. The zero-order valence-corrected chi connectivity index (χ0v) is 19.0. The Hall–Kier alpha value is -3.48. The third-order valence-electron chi connectivity index (χ3n) is 6.07. The molecular formula is C26H28FN3O3. The van der Waals surface area contributed by atoms with Crippen LogP contribution in [0.2, 0.25) is 0 Å². The Bertz CT molecular complexity index is 1110. The van der Waals surface area contributed by atoms with E-state index in [0.717, 1.165) is 17.7 Å². The SMILES string of the molecule is CCOC(=O)c1cc(-c2ccc(CC)cc2)n(C2CCN(C(=O)c3ccc(F)cc3)CC2)n1. The Kier molecular flexibility index (Phi) is 6.87. The number of piperidine rings is 1. The summed E-state index contributed by atoms with van der Waals surface area (Å²) < 4.78 is 20.3. The van der Waals surface area contributed by atoms with Crippen molar-refractivity contribution in [2.45, 2.75) is 39.2 Å². The molecule has 1 saturated heterocycles. The zero-order chi connectivity index (χ0) is 23.4. The van der Waals surface area contributed by atoms with Crippen LogP contribution < -0.4 is 0 Å².